The van der Waals surface area contributed by atoms with Crippen LogP contribution in [0.3, 0.4) is 0 Å². The Hall–Kier alpha value is -0.900. The molecule has 3 nitrogen and oxygen atoms in total. The first-order valence-electron chi connectivity index (χ1n) is 7.13. The molecule has 3 heteroatoms. The third-order valence-electron chi connectivity index (χ3n) is 4.40. The number of piperidine rings is 1. The number of nitrogens with zero attached hydrogens (tertiary/aromatic N) is 1. The van der Waals surface area contributed by atoms with Gasteiger partial charge in [0.1, 0.15) is 0 Å². The molecule has 0 saturated carbocycles. The van der Waals surface area contributed by atoms with Crippen LogP contribution in [0.1, 0.15) is 31.9 Å². The third kappa shape index (κ3) is 3.35. The van der Waals surface area contributed by atoms with Crippen LogP contribution in [0.2, 0.25) is 0 Å². The van der Waals surface area contributed by atoms with Crippen molar-refractivity contribution in [3.05, 3.63) is 35.9 Å². The largest absolute Gasteiger partial charge is 0.387 e. The maximum Gasteiger partial charge on any atom is 0.0942 e. The first-order valence-corrected chi connectivity index (χ1v) is 7.13. The Balaban J connectivity index is 2.01. The van der Waals surface area contributed by atoms with E-state index in [0.29, 0.717) is 5.92 Å². The predicted molar refractivity (Wildman–Crippen MR) is 77.0 cm³/mol. The van der Waals surface area contributed by atoms with Gasteiger partial charge < -0.3 is 9.84 Å². The van der Waals surface area contributed by atoms with Gasteiger partial charge in [-0.25, -0.2) is 0 Å². The van der Waals surface area contributed by atoms with E-state index >= 15 is 0 Å². The summed E-state index contributed by atoms with van der Waals surface area (Å²) in [5.74, 6) is 0.599. The van der Waals surface area contributed by atoms with Crippen molar-refractivity contribution >= 4 is 0 Å². The molecule has 0 bridgehead atoms. The van der Waals surface area contributed by atoms with Gasteiger partial charge in [0.25, 0.3) is 0 Å². The van der Waals surface area contributed by atoms with Crippen molar-refractivity contribution in [3.63, 3.8) is 0 Å². The van der Waals surface area contributed by atoms with Crippen molar-refractivity contribution in [2.75, 3.05) is 20.2 Å². The van der Waals surface area contributed by atoms with E-state index in [1.807, 2.05) is 30.3 Å². The molecule has 1 aliphatic rings. The summed E-state index contributed by atoms with van der Waals surface area (Å²) in [6, 6.07) is 10.0. The van der Waals surface area contributed by atoms with Gasteiger partial charge in [0.2, 0.25) is 0 Å². The molecule has 19 heavy (non-hydrogen) atoms. The molecule has 0 aliphatic carbocycles. The normalized spacial score (nSPS) is 28.0. The highest BCUT2D eigenvalue weighted by Crippen LogP contribution is 2.26. The van der Waals surface area contributed by atoms with E-state index in [-0.39, 0.29) is 12.1 Å². The fourth-order valence-corrected chi connectivity index (χ4v) is 2.86. The van der Waals surface area contributed by atoms with Crippen LogP contribution in [0.25, 0.3) is 0 Å². The van der Waals surface area contributed by atoms with Gasteiger partial charge in [0.05, 0.1) is 12.2 Å². The van der Waals surface area contributed by atoms with Crippen LogP contribution in [0.5, 0.6) is 0 Å². The van der Waals surface area contributed by atoms with Crippen LogP contribution < -0.4 is 0 Å². The average Bonchev–Trinajstić information content (AvgIpc) is 2.47. The van der Waals surface area contributed by atoms with Gasteiger partial charge in [-0.1, -0.05) is 37.3 Å². The summed E-state index contributed by atoms with van der Waals surface area (Å²) in [7, 11) is 1.78. The molecule has 1 heterocycles. The third-order valence-corrected chi connectivity index (χ3v) is 4.40. The molecule has 4 unspecified atom stereocenters. The lowest BCUT2D eigenvalue weighted by Crippen LogP contribution is -2.49. The molecule has 4 atom stereocenters. The van der Waals surface area contributed by atoms with Crippen molar-refractivity contribution < 1.29 is 9.84 Å². The number of ether oxygens (including phenoxy) is 1. The molecule has 1 aliphatic heterocycles. The Labute approximate surface area is 116 Å². The van der Waals surface area contributed by atoms with E-state index in [9.17, 15) is 5.11 Å². The summed E-state index contributed by atoms with van der Waals surface area (Å²) >= 11 is 0. The fourth-order valence-electron chi connectivity index (χ4n) is 2.86. The van der Waals surface area contributed by atoms with Crippen LogP contribution in [0, 0.1) is 5.92 Å². The minimum absolute atomic E-state index is 0.118. The number of hydrogen-bond donors (Lipinski definition) is 1. The molecule has 106 valence electrons. The lowest BCUT2D eigenvalue weighted by molar-refractivity contribution is -0.0396. The van der Waals surface area contributed by atoms with Gasteiger partial charge in [0.15, 0.2) is 0 Å². The highest BCUT2D eigenvalue weighted by Gasteiger charge is 2.31. The van der Waals surface area contributed by atoms with Crippen LogP contribution in [0.4, 0.5) is 0 Å². The summed E-state index contributed by atoms with van der Waals surface area (Å²) in [6.45, 7) is 6.28. The fraction of sp³-hybridized carbons (Fsp3) is 0.625. The lowest BCUT2D eigenvalue weighted by atomic mass is 9.93. The molecule has 1 saturated heterocycles. The number of rotatable bonds is 4. The summed E-state index contributed by atoms with van der Waals surface area (Å²) in [5.41, 5.74) is 0.989. The highest BCUT2D eigenvalue weighted by molar-refractivity contribution is 5.18. The standard InChI is InChI=1S/C16H25NO2/c1-12-9-10-17(11-15(12)19-3)13(2)16(18)14-7-5-4-6-8-14/h4-8,12-13,15-16,18H,9-11H2,1-3H3. The maximum absolute atomic E-state index is 10.5. The summed E-state index contributed by atoms with van der Waals surface area (Å²) in [5, 5.41) is 10.5. The van der Waals surface area contributed by atoms with E-state index in [4.69, 9.17) is 4.74 Å². The molecular weight excluding hydrogens is 238 g/mol. The molecular formula is C16H25NO2. The van der Waals surface area contributed by atoms with Gasteiger partial charge in [0, 0.05) is 19.7 Å². The Kier molecular flexibility index (Phi) is 4.97. The van der Waals surface area contributed by atoms with Crippen molar-refractivity contribution in [2.45, 2.75) is 38.5 Å². The molecule has 0 amide bonds. The van der Waals surface area contributed by atoms with E-state index in [2.05, 4.69) is 18.7 Å². The van der Waals surface area contributed by atoms with E-state index in [0.717, 1.165) is 25.1 Å². The van der Waals surface area contributed by atoms with Crippen molar-refractivity contribution in [2.24, 2.45) is 5.92 Å². The number of methoxy groups -OCH3 is 1. The molecule has 1 N–H and O–H groups in total. The first kappa shape index (κ1) is 14.5. The van der Waals surface area contributed by atoms with Crippen molar-refractivity contribution in [1.29, 1.82) is 0 Å². The Morgan fingerprint density at radius 3 is 2.63 bits per heavy atom. The molecule has 1 aromatic carbocycles. The smallest absolute Gasteiger partial charge is 0.0942 e. The Bertz CT molecular complexity index is 382. The molecule has 1 aromatic rings. The summed E-state index contributed by atoms with van der Waals surface area (Å²) in [6.07, 6.45) is 0.968. The quantitative estimate of drug-likeness (QED) is 0.906. The second-order valence-corrected chi connectivity index (χ2v) is 5.63. The second kappa shape index (κ2) is 6.51. The number of likely N-dealkylation sites (tertiary alicyclic amines) is 1. The van der Waals surface area contributed by atoms with Crippen LogP contribution in [-0.4, -0.2) is 42.4 Å². The number of benzene rings is 1. The second-order valence-electron chi connectivity index (χ2n) is 5.63. The lowest BCUT2D eigenvalue weighted by Gasteiger charge is -2.41. The zero-order valence-electron chi connectivity index (χ0n) is 12.1. The Morgan fingerprint density at radius 2 is 2.00 bits per heavy atom. The minimum Gasteiger partial charge on any atom is -0.387 e. The predicted octanol–water partition coefficient (Wildman–Crippen LogP) is 2.47. The topological polar surface area (TPSA) is 32.7 Å². The molecule has 2 rings (SSSR count). The number of hydrogen-bond acceptors (Lipinski definition) is 3. The van der Waals surface area contributed by atoms with Crippen molar-refractivity contribution in [1.82, 2.24) is 4.90 Å². The van der Waals surface area contributed by atoms with Crippen LogP contribution in [-0.2, 0) is 4.74 Å². The number of aliphatic hydroxyl groups is 1. The average molecular weight is 263 g/mol. The molecule has 0 spiro atoms. The minimum atomic E-state index is -0.438. The molecule has 0 aromatic heterocycles. The first-order chi connectivity index (χ1) is 9.13. The zero-order chi connectivity index (χ0) is 13.8. The summed E-state index contributed by atoms with van der Waals surface area (Å²) < 4.78 is 5.55. The summed E-state index contributed by atoms with van der Waals surface area (Å²) in [4.78, 5) is 2.34. The Morgan fingerprint density at radius 1 is 1.32 bits per heavy atom. The van der Waals surface area contributed by atoms with Crippen LogP contribution >= 0.6 is 0 Å². The van der Waals surface area contributed by atoms with Gasteiger partial charge in [-0.15, -0.1) is 0 Å². The highest BCUT2D eigenvalue weighted by atomic mass is 16.5. The van der Waals surface area contributed by atoms with Gasteiger partial charge in [-0.3, -0.25) is 4.90 Å². The maximum atomic E-state index is 10.5. The van der Waals surface area contributed by atoms with Gasteiger partial charge >= 0.3 is 0 Å². The van der Waals surface area contributed by atoms with Crippen molar-refractivity contribution in [3.8, 4) is 0 Å². The molecule has 0 radical (unpaired) electrons. The van der Waals surface area contributed by atoms with E-state index in [1.165, 1.54) is 0 Å². The SMILES string of the molecule is COC1CN(C(C)C(O)c2ccccc2)CCC1C. The van der Waals surface area contributed by atoms with E-state index in [1.54, 1.807) is 7.11 Å². The van der Waals surface area contributed by atoms with Gasteiger partial charge in [-0.05, 0) is 31.4 Å². The number of aliphatic hydroxyl groups excluding tert-OH is 1. The molecule has 1 fully saturated rings. The van der Waals surface area contributed by atoms with Gasteiger partial charge in [-0.2, -0.15) is 0 Å². The van der Waals surface area contributed by atoms with E-state index < -0.39 is 6.10 Å². The monoisotopic (exact) mass is 263 g/mol. The van der Waals surface area contributed by atoms with Crippen LogP contribution in [0.15, 0.2) is 30.3 Å². The zero-order valence-corrected chi connectivity index (χ0v) is 12.1.